The van der Waals surface area contributed by atoms with E-state index in [1.54, 1.807) is 7.11 Å². The van der Waals surface area contributed by atoms with Crippen molar-refractivity contribution >= 4 is 22.8 Å². The Morgan fingerprint density at radius 2 is 1.81 bits per heavy atom. The second kappa shape index (κ2) is 10.4. The van der Waals surface area contributed by atoms with Crippen molar-refractivity contribution in [3.8, 4) is 17.0 Å². The summed E-state index contributed by atoms with van der Waals surface area (Å²) in [5, 5.41) is 10.8. The molecule has 2 aromatic heterocycles. The highest BCUT2D eigenvalue weighted by Gasteiger charge is 2.37. The molecular formula is C28H35N5O4. The highest BCUT2D eigenvalue weighted by Crippen LogP contribution is 2.37. The van der Waals surface area contributed by atoms with Crippen LogP contribution in [0.3, 0.4) is 0 Å². The monoisotopic (exact) mass is 505 g/mol. The molecule has 4 heterocycles. The number of aliphatic hydroxyl groups excluding tert-OH is 1. The lowest BCUT2D eigenvalue weighted by atomic mass is 10.1. The Bertz CT molecular complexity index is 1260. The number of hydrogen-bond donors (Lipinski definition) is 1. The molecule has 0 amide bonds. The van der Waals surface area contributed by atoms with E-state index in [-0.39, 0.29) is 12.6 Å². The van der Waals surface area contributed by atoms with E-state index in [0.717, 1.165) is 66.6 Å². The van der Waals surface area contributed by atoms with Crippen molar-refractivity contribution in [2.75, 3.05) is 49.9 Å². The van der Waals surface area contributed by atoms with Gasteiger partial charge in [-0.05, 0) is 62.9 Å². The van der Waals surface area contributed by atoms with Crippen LogP contribution in [0.15, 0.2) is 30.3 Å². The minimum absolute atomic E-state index is 0.0998. The predicted octanol–water partition coefficient (Wildman–Crippen LogP) is 3.57. The molecular weight excluding hydrogens is 470 g/mol. The summed E-state index contributed by atoms with van der Waals surface area (Å²) in [6, 6.07) is 10.9. The van der Waals surface area contributed by atoms with E-state index in [2.05, 4.69) is 22.8 Å². The normalized spacial score (nSPS) is 20.8. The average Bonchev–Trinajstić information content (AvgIpc) is 3.78. The molecule has 1 saturated carbocycles. The van der Waals surface area contributed by atoms with E-state index in [1.807, 2.05) is 24.3 Å². The van der Waals surface area contributed by atoms with Gasteiger partial charge in [0, 0.05) is 43.0 Å². The molecule has 2 saturated heterocycles. The highest BCUT2D eigenvalue weighted by molar-refractivity contribution is 5.90. The molecule has 9 nitrogen and oxygen atoms in total. The second-order valence-corrected chi connectivity index (χ2v) is 10.2. The smallest absolute Gasteiger partial charge is 0.229 e. The van der Waals surface area contributed by atoms with Crippen LogP contribution in [-0.2, 0) is 16.1 Å². The summed E-state index contributed by atoms with van der Waals surface area (Å²) < 4.78 is 16.8. The summed E-state index contributed by atoms with van der Waals surface area (Å²) in [4.78, 5) is 20.1. The zero-order valence-electron chi connectivity index (χ0n) is 21.6. The van der Waals surface area contributed by atoms with Crippen LogP contribution in [-0.4, -0.2) is 78.3 Å². The largest absolute Gasteiger partial charge is 0.496 e. The first-order valence-corrected chi connectivity index (χ1v) is 13.3. The number of anilines is 2. The van der Waals surface area contributed by atoms with Crippen molar-refractivity contribution < 1.29 is 19.3 Å². The van der Waals surface area contributed by atoms with Crippen LogP contribution >= 0.6 is 0 Å². The molecule has 0 bridgehead atoms. The van der Waals surface area contributed by atoms with Gasteiger partial charge in [0.25, 0.3) is 0 Å². The van der Waals surface area contributed by atoms with Gasteiger partial charge in [0.15, 0.2) is 5.65 Å². The maximum Gasteiger partial charge on any atom is 0.229 e. The Kier molecular flexibility index (Phi) is 6.84. The molecule has 0 spiro atoms. The molecule has 1 aliphatic carbocycles. The summed E-state index contributed by atoms with van der Waals surface area (Å²) in [6.45, 7) is 5.78. The number of hydrogen-bond acceptors (Lipinski definition) is 9. The lowest BCUT2D eigenvalue weighted by Crippen LogP contribution is -2.45. The van der Waals surface area contributed by atoms with Crippen molar-refractivity contribution in [2.24, 2.45) is 0 Å². The number of aromatic nitrogens is 3. The summed E-state index contributed by atoms with van der Waals surface area (Å²) in [5.41, 5.74) is 3.14. The van der Waals surface area contributed by atoms with Crippen LogP contribution in [0.1, 0.15) is 38.2 Å². The van der Waals surface area contributed by atoms with Crippen molar-refractivity contribution in [3.05, 3.63) is 35.9 Å². The molecule has 1 N–H and O–H groups in total. The van der Waals surface area contributed by atoms with Crippen LogP contribution < -0.4 is 14.5 Å². The summed E-state index contributed by atoms with van der Waals surface area (Å²) >= 11 is 0. The van der Waals surface area contributed by atoms with Gasteiger partial charge in [0.05, 0.1) is 44.1 Å². The van der Waals surface area contributed by atoms with Gasteiger partial charge in [-0.25, -0.2) is 4.98 Å². The SMILES string of the molecule is COc1ccc(-c2ccc3c(N4CCOCC4C)nc(N(C4CCOCC4)C4CC4)nc3n2)cc1CO. The van der Waals surface area contributed by atoms with Gasteiger partial charge in [0.2, 0.25) is 5.95 Å². The molecule has 6 rings (SSSR count). The maximum absolute atomic E-state index is 9.83. The molecule has 196 valence electrons. The fourth-order valence-corrected chi connectivity index (χ4v) is 5.52. The van der Waals surface area contributed by atoms with Gasteiger partial charge in [-0.2, -0.15) is 9.97 Å². The number of aliphatic hydroxyl groups is 1. The Balaban J connectivity index is 1.48. The van der Waals surface area contributed by atoms with E-state index in [1.165, 1.54) is 12.8 Å². The zero-order valence-corrected chi connectivity index (χ0v) is 21.6. The number of rotatable bonds is 7. The van der Waals surface area contributed by atoms with E-state index in [4.69, 9.17) is 29.2 Å². The minimum atomic E-state index is -0.0998. The average molecular weight is 506 g/mol. The number of morpholine rings is 1. The molecule has 3 aromatic rings. The Morgan fingerprint density at radius 3 is 2.54 bits per heavy atom. The third-order valence-electron chi connectivity index (χ3n) is 7.67. The van der Waals surface area contributed by atoms with Crippen LogP contribution in [0.4, 0.5) is 11.8 Å². The summed E-state index contributed by atoms with van der Waals surface area (Å²) in [7, 11) is 1.61. The molecule has 0 radical (unpaired) electrons. The first kappa shape index (κ1) is 24.3. The summed E-state index contributed by atoms with van der Waals surface area (Å²) in [6.07, 6.45) is 4.32. The predicted molar refractivity (Wildman–Crippen MR) is 142 cm³/mol. The van der Waals surface area contributed by atoms with Crippen molar-refractivity contribution in [1.29, 1.82) is 0 Å². The topological polar surface area (TPSA) is 93.1 Å². The van der Waals surface area contributed by atoms with Crippen molar-refractivity contribution in [1.82, 2.24) is 15.0 Å². The van der Waals surface area contributed by atoms with E-state index in [0.29, 0.717) is 36.7 Å². The number of methoxy groups -OCH3 is 1. The van der Waals surface area contributed by atoms with Gasteiger partial charge in [-0.3, -0.25) is 0 Å². The standard InChI is InChI=1S/C28H35N5O4/c1-18-17-37-14-11-32(18)27-23-6-7-24(19-3-8-25(35-2)20(15-19)16-34)29-26(23)30-28(31-27)33(21-4-5-21)22-9-12-36-13-10-22/h3,6-8,15,18,21-22,34H,4-5,9-14,16-17H2,1-2H3. The van der Waals surface area contributed by atoms with E-state index < -0.39 is 0 Å². The Morgan fingerprint density at radius 1 is 1.00 bits per heavy atom. The number of ether oxygens (including phenoxy) is 3. The van der Waals surface area contributed by atoms with Crippen LogP contribution in [0.25, 0.3) is 22.3 Å². The highest BCUT2D eigenvalue weighted by atomic mass is 16.5. The van der Waals surface area contributed by atoms with Gasteiger partial charge in [0.1, 0.15) is 11.6 Å². The lowest BCUT2D eigenvalue weighted by Gasteiger charge is -2.37. The third kappa shape index (κ3) is 4.83. The lowest BCUT2D eigenvalue weighted by molar-refractivity contribution is 0.0837. The molecule has 2 aliphatic heterocycles. The van der Waals surface area contributed by atoms with Gasteiger partial charge in [-0.1, -0.05) is 0 Å². The summed E-state index contributed by atoms with van der Waals surface area (Å²) in [5.74, 6) is 2.36. The van der Waals surface area contributed by atoms with Gasteiger partial charge < -0.3 is 29.1 Å². The first-order valence-electron chi connectivity index (χ1n) is 13.3. The van der Waals surface area contributed by atoms with Crippen LogP contribution in [0.5, 0.6) is 5.75 Å². The molecule has 1 atom stereocenters. The number of pyridine rings is 1. The molecule has 37 heavy (non-hydrogen) atoms. The first-order chi connectivity index (χ1) is 18.2. The minimum Gasteiger partial charge on any atom is -0.496 e. The molecule has 9 heteroatoms. The molecule has 3 fully saturated rings. The number of nitrogens with zero attached hydrogens (tertiary/aromatic N) is 5. The third-order valence-corrected chi connectivity index (χ3v) is 7.67. The van der Waals surface area contributed by atoms with E-state index in [9.17, 15) is 5.11 Å². The van der Waals surface area contributed by atoms with Crippen LogP contribution in [0, 0.1) is 0 Å². The Labute approximate surface area is 217 Å². The second-order valence-electron chi connectivity index (χ2n) is 10.2. The fourth-order valence-electron chi connectivity index (χ4n) is 5.52. The van der Waals surface area contributed by atoms with Crippen molar-refractivity contribution in [3.63, 3.8) is 0 Å². The number of fused-ring (bicyclic) bond motifs is 1. The fraction of sp³-hybridized carbons (Fsp3) is 0.536. The van der Waals surface area contributed by atoms with Gasteiger partial charge >= 0.3 is 0 Å². The van der Waals surface area contributed by atoms with Crippen molar-refractivity contribution in [2.45, 2.75) is 57.3 Å². The number of benzene rings is 1. The molecule has 1 unspecified atom stereocenters. The molecule has 1 aromatic carbocycles. The quantitative estimate of drug-likeness (QED) is 0.517. The zero-order chi connectivity index (χ0) is 25.4. The maximum atomic E-state index is 9.83. The Hall–Kier alpha value is -3.01. The van der Waals surface area contributed by atoms with Gasteiger partial charge in [-0.15, -0.1) is 0 Å². The molecule has 3 aliphatic rings. The van der Waals surface area contributed by atoms with Crippen LogP contribution in [0.2, 0.25) is 0 Å². The van der Waals surface area contributed by atoms with E-state index >= 15 is 0 Å².